The molecular weight excluding hydrogens is 288 g/mol. The van der Waals surface area contributed by atoms with Gasteiger partial charge in [-0.2, -0.15) is 0 Å². The largest absolute Gasteiger partial charge is 0.496 e. The van der Waals surface area contributed by atoms with Gasteiger partial charge in [0.05, 0.1) is 7.11 Å². The third-order valence-corrected chi connectivity index (χ3v) is 4.27. The van der Waals surface area contributed by atoms with Gasteiger partial charge >= 0.3 is 0 Å². The van der Waals surface area contributed by atoms with Crippen LogP contribution >= 0.6 is 0 Å². The van der Waals surface area contributed by atoms with Crippen LogP contribution in [0.15, 0.2) is 36.5 Å². The normalized spacial score (nSPS) is 13.7. The van der Waals surface area contributed by atoms with Crippen LogP contribution in [0.25, 0.3) is 0 Å². The number of amides is 1. The molecule has 1 aromatic heterocycles. The summed E-state index contributed by atoms with van der Waals surface area (Å²) in [7, 11) is 1.68. The number of methoxy groups -OCH3 is 1. The van der Waals surface area contributed by atoms with Gasteiger partial charge in [-0.05, 0) is 61.1 Å². The van der Waals surface area contributed by atoms with E-state index < -0.39 is 0 Å². The molecule has 0 spiro atoms. The van der Waals surface area contributed by atoms with Crippen molar-refractivity contribution in [2.24, 2.45) is 0 Å². The first-order valence-electron chi connectivity index (χ1n) is 8.05. The lowest BCUT2D eigenvalue weighted by Gasteiger charge is -2.11. The molecule has 3 rings (SSSR count). The van der Waals surface area contributed by atoms with Gasteiger partial charge < -0.3 is 10.1 Å². The number of ether oxygens (including phenoxy) is 1. The maximum Gasteiger partial charge on any atom is 0.251 e. The minimum atomic E-state index is -0.0388. The zero-order chi connectivity index (χ0) is 16.2. The molecule has 1 amide bonds. The molecule has 0 radical (unpaired) electrons. The van der Waals surface area contributed by atoms with Crippen LogP contribution in [0.5, 0.6) is 5.75 Å². The molecular formula is C19H22N2O2. The number of aromatic nitrogens is 1. The Morgan fingerprint density at radius 3 is 2.87 bits per heavy atom. The zero-order valence-electron chi connectivity index (χ0n) is 13.6. The van der Waals surface area contributed by atoms with E-state index in [2.05, 4.69) is 10.3 Å². The summed E-state index contributed by atoms with van der Waals surface area (Å²) in [5.74, 6) is 1.39. The molecule has 4 nitrogen and oxygen atoms in total. The number of hydrogen-bond donors (Lipinski definition) is 1. The number of benzene rings is 1. The van der Waals surface area contributed by atoms with E-state index in [4.69, 9.17) is 4.74 Å². The number of carbonyl (C=O) groups excluding carboxylic acids is 1. The molecule has 1 fully saturated rings. The summed E-state index contributed by atoms with van der Waals surface area (Å²) in [6, 6.07) is 9.65. The molecule has 1 aliphatic carbocycles. The van der Waals surface area contributed by atoms with Crippen LogP contribution in [0.1, 0.15) is 45.9 Å². The molecule has 0 saturated heterocycles. The topological polar surface area (TPSA) is 51.2 Å². The molecule has 1 saturated carbocycles. The average molecular weight is 310 g/mol. The van der Waals surface area contributed by atoms with Crippen molar-refractivity contribution in [2.45, 2.75) is 32.1 Å². The average Bonchev–Trinajstić information content (AvgIpc) is 3.41. The summed E-state index contributed by atoms with van der Waals surface area (Å²) in [6.45, 7) is 2.62. The second-order valence-corrected chi connectivity index (χ2v) is 6.00. The first kappa shape index (κ1) is 15.5. The maximum absolute atomic E-state index is 12.3. The van der Waals surface area contributed by atoms with Crippen molar-refractivity contribution in [3.05, 3.63) is 58.9 Å². The molecule has 1 aromatic carbocycles. The van der Waals surface area contributed by atoms with Gasteiger partial charge in [0, 0.05) is 30.4 Å². The Kier molecular flexibility index (Phi) is 4.60. The highest BCUT2D eigenvalue weighted by atomic mass is 16.5. The number of nitrogens with zero attached hydrogens (tertiary/aromatic N) is 1. The van der Waals surface area contributed by atoms with E-state index in [1.807, 2.05) is 37.3 Å². The van der Waals surface area contributed by atoms with Crippen LogP contribution in [0.3, 0.4) is 0 Å². The van der Waals surface area contributed by atoms with Gasteiger partial charge in [0.15, 0.2) is 0 Å². The Hall–Kier alpha value is -2.36. The van der Waals surface area contributed by atoms with E-state index in [-0.39, 0.29) is 5.91 Å². The Bertz CT molecular complexity index is 708. The van der Waals surface area contributed by atoms with Crippen LogP contribution in [0, 0.1) is 6.92 Å². The van der Waals surface area contributed by atoms with Crippen molar-refractivity contribution < 1.29 is 9.53 Å². The van der Waals surface area contributed by atoms with E-state index in [9.17, 15) is 4.79 Å². The number of nitrogens with one attached hydrogen (secondary N) is 1. The quantitative estimate of drug-likeness (QED) is 0.891. The summed E-state index contributed by atoms with van der Waals surface area (Å²) in [5.41, 5.74) is 4.04. The Labute approximate surface area is 136 Å². The first-order valence-corrected chi connectivity index (χ1v) is 8.05. The second kappa shape index (κ2) is 6.82. The minimum Gasteiger partial charge on any atom is -0.496 e. The molecule has 120 valence electrons. The van der Waals surface area contributed by atoms with E-state index in [1.54, 1.807) is 13.3 Å². The van der Waals surface area contributed by atoms with Crippen molar-refractivity contribution in [3.63, 3.8) is 0 Å². The maximum atomic E-state index is 12.3. The van der Waals surface area contributed by atoms with E-state index in [0.29, 0.717) is 18.0 Å². The van der Waals surface area contributed by atoms with Crippen LogP contribution < -0.4 is 10.1 Å². The van der Waals surface area contributed by atoms with Crippen molar-refractivity contribution >= 4 is 5.91 Å². The minimum absolute atomic E-state index is 0.0388. The van der Waals surface area contributed by atoms with Crippen molar-refractivity contribution in [2.75, 3.05) is 13.7 Å². The predicted molar refractivity (Wildman–Crippen MR) is 90.0 cm³/mol. The fourth-order valence-corrected chi connectivity index (χ4v) is 2.77. The van der Waals surface area contributed by atoms with Crippen molar-refractivity contribution in [1.29, 1.82) is 0 Å². The zero-order valence-corrected chi connectivity index (χ0v) is 13.6. The standard InChI is InChI=1S/C19H22N2O2/c1-13-4-3-10-20-17(13)9-11-21-19(22)15-7-8-18(23-2)16(12-15)14-5-6-14/h3-4,7-8,10,12,14H,5-6,9,11H2,1-2H3,(H,21,22). The smallest absolute Gasteiger partial charge is 0.251 e. The molecule has 1 aliphatic rings. The summed E-state index contributed by atoms with van der Waals surface area (Å²) < 4.78 is 5.39. The van der Waals surface area contributed by atoms with E-state index in [0.717, 1.165) is 29.0 Å². The summed E-state index contributed by atoms with van der Waals surface area (Å²) in [4.78, 5) is 16.7. The molecule has 0 atom stereocenters. The first-order chi connectivity index (χ1) is 11.2. The number of rotatable bonds is 6. The molecule has 4 heteroatoms. The van der Waals surface area contributed by atoms with Gasteiger partial charge in [-0.3, -0.25) is 9.78 Å². The molecule has 1 N–H and O–H groups in total. The van der Waals surface area contributed by atoms with Gasteiger partial charge in [-0.25, -0.2) is 0 Å². The highest BCUT2D eigenvalue weighted by Crippen LogP contribution is 2.44. The highest BCUT2D eigenvalue weighted by molar-refractivity contribution is 5.94. The van der Waals surface area contributed by atoms with Gasteiger partial charge in [-0.15, -0.1) is 0 Å². The lowest BCUT2D eigenvalue weighted by molar-refractivity contribution is 0.0954. The number of hydrogen-bond acceptors (Lipinski definition) is 3. The van der Waals surface area contributed by atoms with Crippen LogP contribution in [0.2, 0.25) is 0 Å². The third kappa shape index (κ3) is 3.70. The lowest BCUT2D eigenvalue weighted by atomic mass is 10.0. The van der Waals surface area contributed by atoms with Crippen LogP contribution in [-0.4, -0.2) is 24.5 Å². The van der Waals surface area contributed by atoms with E-state index in [1.165, 1.54) is 12.8 Å². The monoisotopic (exact) mass is 310 g/mol. The summed E-state index contributed by atoms with van der Waals surface area (Å²) in [5, 5.41) is 2.98. The van der Waals surface area contributed by atoms with Crippen molar-refractivity contribution in [3.8, 4) is 5.75 Å². The second-order valence-electron chi connectivity index (χ2n) is 6.00. The fourth-order valence-electron chi connectivity index (χ4n) is 2.77. The van der Waals surface area contributed by atoms with Crippen LogP contribution in [0.4, 0.5) is 0 Å². The third-order valence-electron chi connectivity index (χ3n) is 4.27. The van der Waals surface area contributed by atoms with E-state index >= 15 is 0 Å². The summed E-state index contributed by atoms with van der Waals surface area (Å²) in [6.07, 6.45) is 4.89. The molecule has 1 heterocycles. The molecule has 23 heavy (non-hydrogen) atoms. The lowest BCUT2D eigenvalue weighted by Crippen LogP contribution is -2.26. The molecule has 2 aromatic rings. The molecule has 0 bridgehead atoms. The number of aryl methyl sites for hydroxylation is 1. The van der Waals surface area contributed by atoms with Gasteiger partial charge in [0.2, 0.25) is 0 Å². The Balaban J connectivity index is 1.62. The fraction of sp³-hybridized carbons (Fsp3) is 0.368. The number of pyridine rings is 1. The van der Waals surface area contributed by atoms with Gasteiger partial charge in [0.1, 0.15) is 5.75 Å². The Morgan fingerprint density at radius 1 is 1.35 bits per heavy atom. The summed E-state index contributed by atoms with van der Waals surface area (Å²) >= 11 is 0. The molecule has 0 unspecified atom stereocenters. The Morgan fingerprint density at radius 2 is 2.17 bits per heavy atom. The SMILES string of the molecule is COc1ccc(C(=O)NCCc2ncccc2C)cc1C1CC1. The molecule has 0 aliphatic heterocycles. The van der Waals surface area contributed by atoms with Gasteiger partial charge in [-0.1, -0.05) is 6.07 Å². The van der Waals surface area contributed by atoms with Crippen molar-refractivity contribution in [1.82, 2.24) is 10.3 Å². The predicted octanol–water partition coefficient (Wildman–Crippen LogP) is 3.25. The number of carbonyl (C=O) groups is 1. The highest BCUT2D eigenvalue weighted by Gasteiger charge is 2.27. The van der Waals surface area contributed by atoms with Gasteiger partial charge in [0.25, 0.3) is 5.91 Å². The van der Waals surface area contributed by atoms with Crippen LogP contribution in [-0.2, 0) is 6.42 Å².